The van der Waals surface area contributed by atoms with Crippen molar-refractivity contribution in [1.29, 1.82) is 0 Å². The van der Waals surface area contributed by atoms with Gasteiger partial charge in [-0.3, -0.25) is 14.5 Å². The number of hydrogen-bond donors (Lipinski definition) is 2. The third kappa shape index (κ3) is 3.73. The van der Waals surface area contributed by atoms with Gasteiger partial charge in [0.1, 0.15) is 0 Å². The molecule has 2 N–H and O–H groups in total. The van der Waals surface area contributed by atoms with Crippen LogP contribution in [-0.4, -0.2) is 47.6 Å². The zero-order valence-electron chi connectivity index (χ0n) is 12.3. The first kappa shape index (κ1) is 16.5. The summed E-state index contributed by atoms with van der Waals surface area (Å²) in [5.41, 5.74) is -0.715. The van der Waals surface area contributed by atoms with Gasteiger partial charge in [-0.05, 0) is 32.7 Å². The van der Waals surface area contributed by atoms with Crippen LogP contribution >= 0.6 is 0 Å². The summed E-state index contributed by atoms with van der Waals surface area (Å²) in [5.74, 6) is 1.48. The lowest BCUT2D eigenvalue weighted by Gasteiger charge is -2.42. The third-order valence-electron chi connectivity index (χ3n) is 4.08. The minimum Gasteiger partial charge on any atom is -0.481 e. The number of amides is 1. The lowest BCUT2D eigenvalue weighted by atomic mass is 9.76. The lowest BCUT2D eigenvalue weighted by molar-refractivity contribution is -0.155. The molecule has 1 heterocycles. The molecule has 1 saturated heterocycles. The highest BCUT2D eigenvalue weighted by Crippen LogP contribution is 2.35. The van der Waals surface area contributed by atoms with Gasteiger partial charge in [-0.2, -0.15) is 0 Å². The second-order valence-electron chi connectivity index (χ2n) is 5.51. The molecule has 0 bridgehead atoms. The summed E-state index contributed by atoms with van der Waals surface area (Å²) >= 11 is 0. The molecule has 0 radical (unpaired) electrons. The number of likely N-dealkylation sites (tertiary alicyclic amines) is 1. The second-order valence-corrected chi connectivity index (χ2v) is 5.51. The van der Waals surface area contributed by atoms with Crippen molar-refractivity contribution < 1.29 is 14.7 Å². The van der Waals surface area contributed by atoms with E-state index in [1.807, 2.05) is 11.8 Å². The number of nitrogens with zero attached hydrogens (tertiary/aromatic N) is 1. The normalized spacial score (nSPS) is 24.6. The van der Waals surface area contributed by atoms with Crippen molar-refractivity contribution in [3.63, 3.8) is 0 Å². The van der Waals surface area contributed by atoms with E-state index < -0.39 is 11.4 Å². The van der Waals surface area contributed by atoms with Crippen molar-refractivity contribution in [3.05, 3.63) is 0 Å². The quantitative estimate of drug-likeness (QED) is 0.715. The van der Waals surface area contributed by atoms with E-state index in [2.05, 4.69) is 11.2 Å². The maximum Gasteiger partial charge on any atom is 0.310 e. The Bertz CT molecular complexity index is 398. The highest BCUT2D eigenvalue weighted by molar-refractivity contribution is 5.82. The van der Waals surface area contributed by atoms with Crippen LogP contribution in [0.15, 0.2) is 0 Å². The Morgan fingerprint density at radius 2 is 2.25 bits per heavy atom. The first-order valence-electron chi connectivity index (χ1n) is 7.15. The number of carboxylic acid groups (broad SMARTS) is 1. The Kier molecular flexibility index (Phi) is 6.03. The minimum atomic E-state index is -0.750. The molecule has 0 aromatic carbocycles. The number of terminal acetylenes is 1. The molecule has 20 heavy (non-hydrogen) atoms. The van der Waals surface area contributed by atoms with E-state index in [9.17, 15) is 14.7 Å². The molecule has 112 valence electrons. The Labute approximate surface area is 120 Å². The number of aliphatic carboxylic acids is 1. The van der Waals surface area contributed by atoms with Crippen LogP contribution in [0.5, 0.6) is 0 Å². The van der Waals surface area contributed by atoms with Gasteiger partial charge in [0, 0.05) is 6.54 Å². The first-order chi connectivity index (χ1) is 9.46. The topological polar surface area (TPSA) is 69.6 Å². The van der Waals surface area contributed by atoms with Gasteiger partial charge in [0.2, 0.25) is 5.91 Å². The fourth-order valence-electron chi connectivity index (χ4n) is 2.91. The van der Waals surface area contributed by atoms with Gasteiger partial charge >= 0.3 is 5.97 Å². The van der Waals surface area contributed by atoms with Gasteiger partial charge < -0.3 is 10.4 Å². The molecule has 5 heteroatoms. The molecule has 1 aliphatic rings. The van der Waals surface area contributed by atoms with E-state index in [4.69, 9.17) is 6.42 Å². The number of piperidine rings is 1. The summed E-state index contributed by atoms with van der Waals surface area (Å²) in [6, 6.07) is -0.348. The smallest absolute Gasteiger partial charge is 0.310 e. The summed E-state index contributed by atoms with van der Waals surface area (Å²) in [6.45, 7) is 5.18. The third-order valence-corrected chi connectivity index (χ3v) is 4.08. The Balaban J connectivity index is 2.74. The average molecular weight is 280 g/mol. The summed E-state index contributed by atoms with van der Waals surface area (Å²) in [4.78, 5) is 25.5. The van der Waals surface area contributed by atoms with Crippen LogP contribution in [0.1, 0.15) is 39.5 Å². The molecule has 1 amide bonds. The lowest BCUT2D eigenvalue weighted by Crippen LogP contribution is -2.54. The van der Waals surface area contributed by atoms with Gasteiger partial charge in [0.25, 0.3) is 0 Å². The van der Waals surface area contributed by atoms with Crippen molar-refractivity contribution >= 4 is 11.9 Å². The number of hydrogen-bond acceptors (Lipinski definition) is 3. The highest BCUT2D eigenvalue weighted by atomic mass is 16.4. The van der Waals surface area contributed by atoms with E-state index in [0.29, 0.717) is 19.4 Å². The number of rotatable bonds is 6. The first-order valence-corrected chi connectivity index (χ1v) is 7.15. The fraction of sp³-hybridized carbons (Fsp3) is 0.733. The fourth-order valence-corrected chi connectivity index (χ4v) is 2.91. The van der Waals surface area contributed by atoms with Gasteiger partial charge in [-0.25, -0.2) is 0 Å². The SMILES string of the molecule is C#CCNC(=O)C(C)N1CCCC(CCC)(C(=O)O)C1. The monoisotopic (exact) mass is 280 g/mol. The molecule has 1 fully saturated rings. The molecular weight excluding hydrogens is 256 g/mol. The van der Waals surface area contributed by atoms with Gasteiger partial charge in [-0.15, -0.1) is 6.42 Å². The van der Waals surface area contributed by atoms with E-state index in [0.717, 1.165) is 19.4 Å². The summed E-state index contributed by atoms with van der Waals surface area (Å²) in [6.07, 6.45) is 8.09. The van der Waals surface area contributed by atoms with Gasteiger partial charge in [0.15, 0.2) is 0 Å². The van der Waals surface area contributed by atoms with E-state index in [1.165, 1.54) is 0 Å². The standard InChI is InChI=1S/C15H24N2O3/c1-4-7-15(14(19)20)8-6-10-17(11-15)12(3)13(18)16-9-5-2/h2,12H,4,6-11H2,1,3H3,(H,16,18)(H,19,20). The van der Waals surface area contributed by atoms with Gasteiger partial charge in [-0.1, -0.05) is 19.3 Å². The molecule has 5 nitrogen and oxygen atoms in total. The molecule has 0 spiro atoms. The average Bonchev–Trinajstić information content (AvgIpc) is 2.44. The van der Waals surface area contributed by atoms with Crippen molar-refractivity contribution in [2.24, 2.45) is 5.41 Å². The zero-order valence-corrected chi connectivity index (χ0v) is 12.3. The van der Waals surface area contributed by atoms with E-state index >= 15 is 0 Å². The van der Waals surface area contributed by atoms with Crippen molar-refractivity contribution in [2.45, 2.75) is 45.6 Å². The summed E-state index contributed by atoms with van der Waals surface area (Å²) in [7, 11) is 0. The van der Waals surface area contributed by atoms with E-state index in [1.54, 1.807) is 6.92 Å². The molecule has 0 aliphatic carbocycles. The summed E-state index contributed by atoms with van der Waals surface area (Å²) in [5, 5.41) is 12.2. The van der Waals surface area contributed by atoms with Crippen molar-refractivity contribution in [2.75, 3.05) is 19.6 Å². The van der Waals surface area contributed by atoms with Crippen LogP contribution in [0.2, 0.25) is 0 Å². The predicted molar refractivity (Wildman–Crippen MR) is 77.1 cm³/mol. The van der Waals surface area contributed by atoms with Crippen LogP contribution in [0.25, 0.3) is 0 Å². The molecule has 0 saturated carbocycles. The maximum atomic E-state index is 11.9. The Hall–Kier alpha value is -1.54. The van der Waals surface area contributed by atoms with Crippen LogP contribution in [0.4, 0.5) is 0 Å². The number of carbonyl (C=O) groups is 2. The minimum absolute atomic E-state index is 0.138. The molecule has 2 unspecified atom stereocenters. The maximum absolute atomic E-state index is 11.9. The Morgan fingerprint density at radius 1 is 1.55 bits per heavy atom. The van der Waals surface area contributed by atoms with E-state index in [-0.39, 0.29) is 18.5 Å². The van der Waals surface area contributed by atoms with Crippen LogP contribution in [-0.2, 0) is 9.59 Å². The molecule has 1 rings (SSSR count). The molecular formula is C15H24N2O3. The molecule has 0 aromatic rings. The highest BCUT2D eigenvalue weighted by Gasteiger charge is 2.43. The summed E-state index contributed by atoms with van der Waals surface area (Å²) < 4.78 is 0. The number of nitrogens with one attached hydrogen (secondary N) is 1. The molecule has 2 atom stereocenters. The van der Waals surface area contributed by atoms with Crippen LogP contribution in [0, 0.1) is 17.8 Å². The predicted octanol–water partition coefficient (Wildman–Crippen LogP) is 1.09. The molecule has 1 aliphatic heterocycles. The van der Waals surface area contributed by atoms with Gasteiger partial charge in [0.05, 0.1) is 18.0 Å². The van der Waals surface area contributed by atoms with Crippen molar-refractivity contribution in [3.8, 4) is 12.3 Å². The second kappa shape index (κ2) is 7.30. The van der Waals surface area contributed by atoms with Crippen LogP contribution in [0.3, 0.4) is 0 Å². The largest absolute Gasteiger partial charge is 0.481 e. The van der Waals surface area contributed by atoms with Crippen molar-refractivity contribution in [1.82, 2.24) is 10.2 Å². The van der Waals surface area contributed by atoms with Crippen LogP contribution < -0.4 is 5.32 Å². The number of carbonyl (C=O) groups excluding carboxylic acids is 1. The number of carboxylic acids is 1. The zero-order chi connectivity index (χ0) is 15.2. The Morgan fingerprint density at radius 3 is 2.80 bits per heavy atom. The molecule has 0 aromatic heterocycles.